The molecule has 3 rings (SSSR count). The molecule has 0 saturated heterocycles. The zero-order valence-electron chi connectivity index (χ0n) is 10.8. The van der Waals surface area contributed by atoms with Gasteiger partial charge in [0.1, 0.15) is 22.3 Å². The van der Waals surface area contributed by atoms with Crippen molar-refractivity contribution in [2.45, 2.75) is 13.8 Å². The van der Waals surface area contributed by atoms with Crippen molar-refractivity contribution < 1.29 is 8.78 Å². The van der Waals surface area contributed by atoms with E-state index in [0.717, 1.165) is 6.07 Å². The van der Waals surface area contributed by atoms with Crippen LogP contribution in [0.15, 0.2) is 23.0 Å². The number of benzene rings is 1. The Kier molecular flexibility index (Phi) is 2.90. The van der Waals surface area contributed by atoms with Gasteiger partial charge in [-0.3, -0.25) is 4.79 Å². The Hall–Kier alpha value is -2.08. The van der Waals surface area contributed by atoms with Gasteiger partial charge < -0.3 is 4.98 Å². The Balaban J connectivity index is 2.35. The van der Waals surface area contributed by atoms with E-state index in [-0.39, 0.29) is 11.1 Å². The third-order valence-corrected chi connectivity index (χ3v) is 4.31. The lowest BCUT2D eigenvalue weighted by Crippen LogP contribution is -2.08. The Morgan fingerprint density at radius 1 is 1.25 bits per heavy atom. The van der Waals surface area contributed by atoms with Gasteiger partial charge in [0.2, 0.25) is 0 Å². The second kappa shape index (κ2) is 4.49. The van der Waals surface area contributed by atoms with E-state index in [9.17, 15) is 13.6 Å². The molecule has 0 unspecified atom stereocenters. The molecule has 20 heavy (non-hydrogen) atoms. The van der Waals surface area contributed by atoms with Gasteiger partial charge >= 0.3 is 0 Å². The molecule has 2 aromatic heterocycles. The average Bonchev–Trinajstić information content (AvgIpc) is 2.66. The maximum absolute atomic E-state index is 13.9. The predicted molar refractivity (Wildman–Crippen MR) is 75.1 cm³/mol. The highest BCUT2D eigenvalue weighted by Gasteiger charge is 2.17. The maximum Gasteiger partial charge on any atom is 0.259 e. The first-order valence-corrected chi connectivity index (χ1v) is 6.74. The van der Waals surface area contributed by atoms with Crippen molar-refractivity contribution in [3.63, 3.8) is 0 Å². The monoisotopic (exact) mass is 292 g/mol. The minimum Gasteiger partial charge on any atom is -0.310 e. The van der Waals surface area contributed by atoms with Crippen molar-refractivity contribution in [3.8, 4) is 10.4 Å². The van der Waals surface area contributed by atoms with Crippen LogP contribution in [0.5, 0.6) is 0 Å². The summed E-state index contributed by atoms with van der Waals surface area (Å²) in [6, 6.07) is 3.41. The highest BCUT2D eigenvalue weighted by atomic mass is 32.1. The Morgan fingerprint density at radius 3 is 2.70 bits per heavy atom. The van der Waals surface area contributed by atoms with E-state index >= 15 is 0 Å². The predicted octanol–water partition coefficient (Wildman–Crippen LogP) is 3.55. The van der Waals surface area contributed by atoms with Gasteiger partial charge in [0.25, 0.3) is 5.56 Å². The number of halogens is 2. The highest BCUT2D eigenvalue weighted by Crippen LogP contribution is 2.36. The molecule has 0 radical (unpaired) electrons. The molecule has 3 nitrogen and oxygen atoms in total. The first kappa shape index (κ1) is 12.9. The molecular formula is C14H10F2N2OS. The molecule has 0 saturated carbocycles. The fraction of sp³-hybridized carbons (Fsp3) is 0.143. The topological polar surface area (TPSA) is 45.8 Å². The van der Waals surface area contributed by atoms with Crippen LogP contribution in [0, 0.1) is 25.5 Å². The number of hydrogen-bond acceptors (Lipinski definition) is 3. The van der Waals surface area contributed by atoms with Crippen molar-refractivity contribution in [1.82, 2.24) is 9.97 Å². The summed E-state index contributed by atoms with van der Waals surface area (Å²) in [6.07, 6.45) is 0. The van der Waals surface area contributed by atoms with E-state index in [1.165, 1.54) is 23.5 Å². The molecule has 0 amide bonds. The van der Waals surface area contributed by atoms with Crippen molar-refractivity contribution in [2.75, 3.05) is 0 Å². The van der Waals surface area contributed by atoms with Crippen LogP contribution < -0.4 is 5.56 Å². The van der Waals surface area contributed by atoms with Crippen molar-refractivity contribution in [1.29, 1.82) is 0 Å². The molecular weight excluding hydrogens is 282 g/mol. The number of hydrogen-bond donors (Lipinski definition) is 1. The molecule has 0 aliphatic carbocycles. The first-order valence-electron chi connectivity index (χ1n) is 5.93. The number of H-pyrrole nitrogens is 1. The van der Waals surface area contributed by atoms with Gasteiger partial charge in [0.15, 0.2) is 0 Å². The summed E-state index contributed by atoms with van der Waals surface area (Å²) in [5.74, 6) is -0.764. The number of fused-ring (bicyclic) bond motifs is 1. The molecule has 0 bridgehead atoms. The summed E-state index contributed by atoms with van der Waals surface area (Å²) in [5.41, 5.74) is 0.697. The van der Waals surface area contributed by atoms with Crippen molar-refractivity contribution in [2.24, 2.45) is 0 Å². The molecule has 3 aromatic rings. The Labute approximate surface area is 116 Å². The molecule has 1 N–H and O–H groups in total. The average molecular weight is 292 g/mol. The second-order valence-corrected chi connectivity index (χ2v) is 5.51. The lowest BCUT2D eigenvalue weighted by molar-refractivity contribution is 0.586. The van der Waals surface area contributed by atoms with E-state index in [4.69, 9.17) is 0 Å². The summed E-state index contributed by atoms with van der Waals surface area (Å²) in [6.45, 7) is 3.43. The quantitative estimate of drug-likeness (QED) is 0.745. The molecule has 0 fully saturated rings. The molecule has 1 aromatic carbocycles. The first-order chi connectivity index (χ1) is 9.47. The van der Waals surface area contributed by atoms with Crippen molar-refractivity contribution in [3.05, 3.63) is 51.6 Å². The van der Waals surface area contributed by atoms with E-state index < -0.39 is 11.6 Å². The van der Waals surface area contributed by atoms with Gasteiger partial charge in [-0.2, -0.15) is 0 Å². The molecule has 0 spiro atoms. The Bertz CT molecular complexity index is 883. The zero-order chi connectivity index (χ0) is 14.4. The zero-order valence-corrected chi connectivity index (χ0v) is 11.6. The third kappa shape index (κ3) is 1.92. The number of aromatic nitrogens is 2. The molecule has 0 aliphatic rings. The molecule has 6 heteroatoms. The van der Waals surface area contributed by atoms with Crippen LogP contribution in [0.1, 0.15) is 11.4 Å². The second-order valence-electron chi connectivity index (χ2n) is 4.51. The van der Waals surface area contributed by atoms with Crippen LogP contribution in [0.2, 0.25) is 0 Å². The van der Waals surface area contributed by atoms with Gasteiger partial charge in [-0.25, -0.2) is 13.8 Å². The van der Waals surface area contributed by atoms with Crippen LogP contribution in [0.4, 0.5) is 8.78 Å². The largest absolute Gasteiger partial charge is 0.310 e. The lowest BCUT2D eigenvalue weighted by Gasteiger charge is -2.01. The van der Waals surface area contributed by atoms with E-state index in [1.807, 2.05) is 0 Å². The normalized spacial score (nSPS) is 11.2. The van der Waals surface area contributed by atoms with Gasteiger partial charge in [-0.05, 0) is 31.5 Å². The fourth-order valence-corrected chi connectivity index (χ4v) is 3.44. The smallest absolute Gasteiger partial charge is 0.259 e. The van der Waals surface area contributed by atoms with E-state index in [1.54, 1.807) is 13.8 Å². The highest BCUT2D eigenvalue weighted by molar-refractivity contribution is 7.22. The van der Waals surface area contributed by atoms with Gasteiger partial charge in [0, 0.05) is 16.5 Å². The Morgan fingerprint density at radius 2 is 2.00 bits per heavy atom. The summed E-state index contributed by atoms with van der Waals surface area (Å²) >= 11 is 1.23. The van der Waals surface area contributed by atoms with Crippen LogP contribution in [-0.4, -0.2) is 9.97 Å². The van der Waals surface area contributed by atoms with Crippen LogP contribution in [0.25, 0.3) is 20.7 Å². The summed E-state index contributed by atoms with van der Waals surface area (Å²) in [7, 11) is 0. The number of aryl methyl sites for hydroxylation is 2. The lowest BCUT2D eigenvalue weighted by atomic mass is 10.1. The van der Waals surface area contributed by atoms with Gasteiger partial charge in [-0.1, -0.05) is 0 Å². The van der Waals surface area contributed by atoms with Crippen LogP contribution in [-0.2, 0) is 0 Å². The number of aromatic amines is 1. The third-order valence-electron chi connectivity index (χ3n) is 3.09. The fourth-order valence-electron chi connectivity index (χ4n) is 2.18. The van der Waals surface area contributed by atoms with Gasteiger partial charge in [-0.15, -0.1) is 11.3 Å². The van der Waals surface area contributed by atoms with Crippen LogP contribution >= 0.6 is 11.3 Å². The van der Waals surface area contributed by atoms with Gasteiger partial charge in [0.05, 0.1) is 5.39 Å². The minimum absolute atomic E-state index is 0.241. The number of nitrogens with zero attached hydrogens (tertiary/aromatic N) is 1. The standard InChI is InChI=1S/C14H10F2N2OS/c1-6-11-13(19)17-7(2)18-14(11)20-12(6)9-4-3-8(15)5-10(9)16/h3-5H,1-2H3,(H,17,18,19). The van der Waals surface area contributed by atoms with E-state index in [2.05, 4.69) is 9.97 Å². The molecule has 2 heterocycles. The maximum atomic E-state index is 13.9. The number of rotatable bonds is 1. The number of thiophene rings is 1. The van der Waals surface area contributed by atoms with Crippen LogP contribution in [0.3, 0.4) is 0 Å². The SMILES string of the molecule is Cc1nc2sc(-c3ccc(F)cc3F)c(C)c2c(=O)[nH]1. The summed E-state index contributed by atoms with van der Waals surface area (Å²) in [5, 5.41) is 0.458. The molecule has 0 atom stereocenters. The summed E-state index contributed by atoms with van der Waals surface area (Å²) in [4.78, 5) is 20.0. The number of nitrogens with one attached hydrogen (secondary N) is 1. The molecule has 0 aliphatic heterocycles. The van der Waals surface area contributed by atoms with E-state index in [0.29, 0.717) is 26.5 Å². The molecule has 102 valence electrons. The summed E-state index contributed by atoms with van der Waals surface area (Å²) < 4.78 is 26.9. The minimum atomic E-state index is -0.646. The van der Waals surface area contributed by atoms with Crippen molar-refractivity contribution >= 4 is 21.6 Å².